The van der Waals surface area contributed by atoms with E-state index in [1.54, 1.807) is 28.4 Å². The second kappa shape index (κ2) is 9.44. The van der Waals surface area contributed by atoms with Gasteiger partial charge in [0.25, 0.3) is 0 Å². The molecule has 0 saturated heterocycles. The van der Waals surface area contributed by atoms with Gasteiger partial charge in [-0.05, 0) is 37.3 Å². The summed E-state index contributed by atoms with van der Waals surface area (Å²) in [6, 6.07) is 10.2. The number of hydrogen-bond acceptors (Lipinski definition) is 5. The van der Waals surface area contributed by atoms with Crippen LogP contribution in [0, 0.1) is 6.92 Å². The van der Waals surface area contributed by atoms with E-state index in [-0.39, 0.29) is 24.0 Å². The van der Waals surface area contributed by atoms with Gasteiger partial charge in [0.2, 0.25) is 5.52 Å². The van der Waals surface area contributed by atoms with Crippen molar-refractivity contribution in [1.82, 2.24) is 0 Å². The van der Waals surface area contributed by atoms with Crippen molar-refractivity contribution in [3.8, 4) is 28.7 Å². The van der Waals surface area contributed by atoms with Crippen LogP contribution in [0.3, 0.4) is 0 Å². The van der Waals surface area contributed by atoms with E-state index in [9.17, 15) is 0 Å². The number of aryl methyl sites for hydroxylation is 2. The van der Waals surface area contributed by atoms with E-state index in [1.807, 2.05) is 31.2 Å². The van der Waals surface area contributed by atoms with Crippen molar-refractivity contribution in [3.63, 3.8) is 0 Å². The lowest BCUT2D eigenvalue weighted by Gasteiger charge is -2.16. The zero-order chi connectivity index (χ0) is 22.3. The Morgan fingerprint density at radius 2 is 1.03 bits per heavy atom. The van der Waals surface area contributed by atoms with Crippen LogP contribution in [-0.4, -0.2) is 35.0 Å². The van der Waals surface area contributed by atoms with Crippen LogP contribution >= 0.6 is 0 Å². The van der Waals surface area contributed by atoms with Crippen LogP contribution in [0.5, 0.6) is 28.7 Å². The maximum Gasteiger partial charge on any atom is 0.221 e. The fourth-order valence-electron chi connectivity index (χ4n) is 4.29. The standard InChI is InChI=1S/C25H28NO5.HI/c1-8-31-20-12-18-16-10-22(28-5)21(27-4)9-15(16)14(2)26(3)25(18)19-13-24(30-7)23(29-6)11-17(19)20;/h9-13H,8H2,1-7H3;1H/q+1;/p-1. The molecule has 0 aliphatic heterocycles. The van der Waals surface area contributed by atoms with E-state index in [0.29, 0.717) is 29.6 Å². The Bertz CT molecular complexity index is 1320. The summed E-state index contributed by atoms with van der Waals surface area (Å²) in [5, 5.41) is 5.23. The van der Waals surface area contributed by atoms with E-state index in [4.69, 9.17) is 23.7 Å². The number of pyridine rings is 1. The molecule has 7 heteroatoms. The predicted octanol–water partition coefficient (Wildman–Crippen LogP) is 1.72. The number of fused-ring (bicyclic) bond motifs is 5. The molecule has 0 atom stereocenters. The van der Waals surface area contributed by atoms with Gasteiger partial charge in [-0.25, -0.2) is 0 Å². The first-order valence-electron chi connectivity index (χ1n) is 10.2. The van der Waals surface area contributed by atoms with E-state index in [2.05, 4.69) is 24.6 Å². The van der Waals surface area contributed by atoms with Crippen molar-refractivity contribution < 1.29 is 52.2 Å². The van der Waals surface area contributed by atoms with Crippen LogP contribution in [0.2, 0.25) is 0 Å². The molecule has 6 nitrogen and oxygen atoms in total. The molecule has 0 N–H and O–H groups in total. The molecule has 170 valence electrons. The number of rotatable bonds is 6. The first-order chi connectivity index (χ1) is 15.0. The third-order valence-corrected chi connectivity index (χ3v) is 5.92. The Morgan fingerprint density at radius 1 is 0.625 bits per heavy atom. The Balaban J connectivity index is 0.00000289. The van der Waals surface area contributed by atoms with Crippen molar-refractivity contribution in [2.45, 2.75) is 13.8 Å². The summed E-state index contributed by atoms with van der Waals surface area (Å²) in [6.07, 6.45) is 0. The van der Waals surface area contributed by atoms with Gasteiger partial charge in [-0.3, -0.25) is 0 Å². The number of aromatic nitrogens is 1. The van der Waals surface area contributed by atoms with Crippen molar-refractivity contribution in [2.24, 2.45) is 7.05 Å². The molecule has 0 saturated carbocycles. The van der Waals surface area contributed by atoms with Crippen LogP contribution in [0.4, 0.5) is 0 Å². The Morgan fingerprint density at radius 3 is 1.53 bits per heavy atom. The molecule has 0 fully saturated rings. The van der Waals surface area contributed by atoms with Gasteiger partial charge in [0, 0.05) is 17.7 Å². The largest absolute Gasteiger partial charge is 1.00 e. The van der Waals surface area contributed by atoms with Crippen molar-refractivity contribution in [2.75, 3.05) is 35.0 Å². The lowest BCUT2D eigenvalue weighted by atomic mass is 9.97. The van der Waals surface area contributed by atoms with Crippen LogP contribution in [0.15, 0.2) is 30.3 Å². The second-order valence-corrected chi connectivity index (χ2v) is 7.35. The minimum atomic E-state index is 0. The average Bonchev–Trinajstić information content (AvgIpc) is 2.80. The number of methoxy groups -OCH3 is 4. The summed E-state index contributed by atoms with van der Waals surface area (Å²) in [6.45, 7) is 4.65. The maximum absolute atomic E-state index is 6.06. The molecule has 0 aliphatic rings. The average molecular weight is 549 g/mol. The molecule has 1 aromatic heterocycles. The van der Waals surface area contributed by atoms with Gasteiger partial charge < -0.3 is 47.7 Å². The summed E-state index contributed by atoms with van der Waals surface area (Å²) >= 11 is 0. The Kier molecular flexibility index (Phi) is 7.07. The normalized spacial score (nSPS) is 10.8. The van der Waals surface area contributed by atoms with Gasteiger partial charge in [0.1, 0.15) is 12.8 Å². The summed E-state index contributed by atoms with van der Waals surface area (Å²) in [5.74, 6) is 3.53. The van der Waals surface area contributed by atoms with E-state index >= 15 is 0 Å². The summed E-state index contributed by atoms with van der Waals surface area (Å²) in [4.78, 5) is 0. The molecule has 0 radical (unpaired) electrons. The molecular formula is C25H28INO5. The highest BCUT2D eigenvalue weighted by atomic mass is 127. The van der Waals surface area contributed by atoms with Gasteiger partial charge in [-0.1, -0.05) is 0 Å². The lowest BCUT2D eigenvalue weighted by Crippen LogP contribution is -3.00. The van der Waals surface area contributed by atoms with Crippen LogP contribution in [-0.2, 0) is 7.05 Å². The van der Waals surface area contributed by atoms with Crippen molar-refractivity contribution in [3.05, 3.63) is 36.0 Å². The summed E-state index contributed by atoms with van der Waals surface area (Å²) < 4.78 is 30.6. The van der Waals surface area contributed by atoms with Gasteiger partial charge in [0.05, 0.1) is 51.2 Å². The van der Waals surface area contributed by atoms with Crippen molar-refractivity contribution >= 4 is 32.4 Å². The lowest BCUT2D eigenvalue weighted by molar-refractivity contribution is -0.649. The number of hydrogen-bond donors (Lipinski definition) is 0. The topological polar surface area (TPSA) is 50.0 Å². The zero-order valence-corrected chi connectivity index (χ0v) is 21.6. The molecule has 1 heterocycles. The highest BCUT2D eigenvalue weighted by Crippen LogP contribution is 2.43. The molecule has 0 bridgehead atoms. The molecule has 4 rings (SSSR count). The van der Waals surface area contributed by atoms with Gasteiger partial charge in [0.15, 0.2) is 28.7 Å². The highest BCUT2D eigenvalue weighted by molar-refractivity contribution is 6.16. The van der Waals surface area contributed by atoms with Crippen LogP contribution in [0.1, 0.15) is 12.6 Å². The third-order valence-electron chi connectivity index (χ3n) is 5.92. The summed E-state index contributed by atoms with van der Waals surface area (Å²) in [7, 11) is 8.67. The minimum absolute atomic E-state index is 0. The molecule has 32 heavy (non-hydrogen) atoms. The number of halogens is 1. The Labute approximate surface area is 205 Å². The molecule has 0 aliphatic carbocycles. The van der Waals surface area contributed by atoms with E-state index in [0.717, 1.165) is 43.9 Å². The quantitative estimate of drug-likeness (QED) is 0.208. The number of benzene rings is 3. The fourth-order valence-corrected chi connectivity index (χ4v) is 4.29. The monoisotopic (exact) mass is 549 g/mol. The third kappa shape index (κ3) is 3.62. The molecule has 4 aromatic rings. The van der Waals surface area contributed by atoms with Crippen molar-refractivity contribution in [1.29, 1.82) is 0 Å². The molecule has 3 aromatic carbocycles. The van der Waals surface area contributed by atoms with Gasteiger partial charge in [-0.2, -0.15) is 4.57 Å². The van der Waals surface area contributed by atoms with Crippen LogP contribution in [0.25, 0.3) is 32.4 Å². The second-order valence-electron chi connectivity index (χ2n) is 7.35. The number of nitrogens with zero attached hydrogens (tertiary/aromatic N) is 1. The molecular weight excluding hydrogens is 521 g/mol. The fraction of sp³-hybridized carbons (Fsp3) is 0.320. The van der Waals surface area contributed by atoms with Gasteiger partial charge in [-0.15, -0.1) is 0 Å². The predicted molar refractivity (Wildman–Crippen MR) is 122 cm³/mol. The first-order valence-corrected chi connectivity index (χ1v) is 10.2. The molecule has 0 unspecified atom stereocenters. The first kappa shape index (κ1) is 24.0. The summed E-state index contributed by atoms with van der Waals surface area (Å²) in [5.41, 5.74) is 2.19. The molecule has 0 amide bonds. The highest BCUT2D eigenvalue weighted by Gasteiger charge is 2.24. The maximum atomic E-state index is 6.06. The smallest absolute Gasteiger partial charge is 0.221 e. The molecule has 0 spiro atoms. The Hall–Kier alpha value is -2.68. The van der Waals surface area contributed by atoms with Gasteiger partial charge >= 0.3 is 0 Å². The SMILES string of the molecule is CCOc1cc2c3cc(OC)c(OC)cc3c(C)[n+](C)c2c2cc(OC)c(OC)cc12.[I-]. The number of ether oxygens (including phenoxy) is 5. The van der Waals surface area contributed by atoms with E-state index in [1.165, 1.54) is 0 Å². The zero-order valence-electron chi connectivity index (χ0n) is 19.5. The van der Waals surface area contributed by atoms with Crippen LogP contribution < -0.4 is 52.2 Å². The minimum Gasteiger partial charge on any atom is -1.00 e. The van der Waals surface area contributed by atoms with E-state index < -0.39 is 0 Å².